The molecule has 4 nitrogen and oxygen atoms in total. The van der Waals surface area contributed by atoms with E-state index in [4.69, 9.17) is 17.3 Å². The van der Waals surface area contributed by atoms with Gasteiger partial charge in [0.15, 0.2) is 0 Å². The summed E-state index contributed by atoms with van der Waals surface area (Å²) in [5.74, 6) is 0. The first kappa shape index (κ1) is 12.5. The fourth-order valence-electron chi connectivity index (χ4n) is 1.42. The zero-order valence-electron chi connectivity index (χ0n) is 9.27. The number of halogens is 2. The molecule has 90 valence electrons. The lowest BCUT2D eigenvalue weighted by Gasteiger charge is -2.04. The highest BCUT2D eigenvalue weighted by Crippen LogP contribution is 2.22. The van der Waals surface area contributed by atoms with Crippen molar-refractivity contribution in [3.8, 4) is 0 Å². The Morgan fingerprint density at radius 1 is 1.53 bits per heavy atom. The molecular formula is C11H12BrClN4. The van der Waals surface area contributed by atoms with Gasteiger partial charge in [-0.1, -0.05) is 38.8 Å². The van der Waals surface area contributed by atoms with Gasteiger partial charge in [-0.05, 0) is 24.6 Å². The minimum Gasteiger partial charge on any atom is -0.323 e. The SMILES string of the molecule is CC(N)c1cn(Cc2ccc(Br)cc2Cl)nn1. The van der Waals surface area contributed by atoms with Crippen molar-refractivity contribution in [1.29, 1.82) is 0 Å². The number of rotatable bonds is 3. The summed E-state index contributed by atoms with van der Waals surface area (Å²) in [6.07, 6.45) is 1.84. The third kappa shape index (κ3) is 3.06. The van der Waals surface area contributed by atoms with Gasteiger partial charge in [-0.15, -0.1) is 5.10 Å². The average molecular weight is 316 g/mol. The first-order valence-electron chi connectivity index (χ1n) is 5.16. The van der Waals surface area contributed by atoms with E-state index < -0.39 is 0 Å². The van der Waals surface area contributed by atoms with Gasteiger partial charge in [0.1, 0.15) is 0 Å². The van der Waals surface area contributed by atoms with Crippen LogP contribution in [0.1, 0.15) is 24.2 Å². The van der Waals surface area contributed by atoms with Crippen molar-refractivity contribution in [2.45, 2.75) is 19.5 Å². The molecule has 0 radical (unpaired) electrons. The van der Waals surface area contributed by atoms with Crippen LogP contribution >= 0.6 is 27.5 Å². The van der Waals surface area contributed by atoms with Crippen LogP contribution in [0.4, 0.5) is 0 Å². The lowest BCUT2D eigenvalue weighted by atomic mass is 10.2. The summed E-state index contributed by atoms with van der Waals surface area (Å²) in [6, 6.07) is 5.66. The molecule has 1 aromatic heterocycles. The second-order valence-corrected chi connectivity index (χ2v) is 5.19. The van der Waals surface area contributed by atoms with Gasteiger partial charge >= 0.3 is 0 Å². The molecule has 0 spiro atoms. The fourth-order valence-corrected chi connectivity index (χ4v) is 2.16. The van der Waals surface area contributed by atoms with Gasteiger partial charge in [0, 0.05) is 15.5 Å². The second-order valence-electron chi connectivity index (χ2n) is 3.87. The van der Waals surface area contributed by atoms with E-state index in [0.29, 0.717) is 11.6 Å². The van der Waals surface area contributed by atoms with Crippen molar-refractivity contribution >= 4 is 27.5 Å². The Hall–Kier alpha value is -0.910. The van der Waals surface area contributed by atoms with E-state index in [-0.39, 0.29) is 6.04 Å². The van der Waals surface area contributed by atoms with Crippen molar-refractivity contribution in [3.05, 3.63) is 45.1 Å². The van der Waals surface area contributed by atoms with Crippen LogP contribution < -0.4 is 5.73 Å². The van der Waals surface area contributed by atoms with Gasteiger partial charge in [0.2, 0.25) is 0 Å². The molecule has 2 aromatic rings. The minimum absolute atomic E-state index is 0.107. The van der Waals surface area contributed by atoms with Crippen LogP contribution in [0.5, 0.6) is 0 Å². The third-order valence-corrected chi connectivity index (χ3v) is 3.22. The average Bonchev–Trinajstić information content (AvgIpc) is 2.71. The first-order valence-corrected chi connectivity index (χ1v) is 6.33. The standard InChI is InChI=1S/C11H12BrClN4/c1-7(14)11-6-17(16-15-11)5-8-2-3-9(12)4-10(8)13/h2-4,6-7H,5,14H2,1H3. The maximum absolute atomic E-state index is 6.13. The molecule has 17 heavy (non-hydrogen) atoms. The molecule has 6 heteroatoms. The molecule has 1 heterocycles. The Labute approximate surface area is 113 Å². The number of aromatic nitrogens is 3. The molecule has 2 N–H and O–H groups in total. The zero-order valence-corrected chi connectivity index (χ0v) is 11.6. The zero-order chi connectivity index (χ0) is 12.4. The van der Waals surface area contributed by atoms with E-state index in [1.54, 1.807) is 4.68 Å². The largest absolute Gasteiger partial charge is 0.323 e. The molecule has 0 aliphatic heterocycles. The van der Waals surface area contributed by atoms with Crippen LogP contribution in [0, 0.1) is 0 Å². The highest BCUT2D eigenvalue weighted by Gasteiger charge is 2.07. The summed E-state index contributed by atoms with van der Waals surface area (Å²) in [6.45, 7) is 2.47. The van der Waals surface area contributed by atoms with Crippen molar-refractivity contribution in [1.82, 2.24) is 15.0 Å². The van der Waals surface area contributed by atoms with Crippen LogP contribution in [0.15, 0.2) is 28.9 Å². The predicted molar refractivity (Wildman–Crippen MR) is 70.9 cm³/mol. The van der Waals surface area contributed by atoms with E-state index in [0.717, 1.165) is 15.7 Å². The summed E-state index contributed by atoms with van der Waals surface area (Å²) in [5, 5.41) is 8.71. The molecule has 0 aliphatic carbocycles. The van der Waals surface area contributed by atoms with Crippen LogP contribution in [-0.4, -0.2) is 15.0 Å². The minimum atomic E-state index is -0.107. The van der Waals surface area contributed by atoms with E-state index >= 15 is 0 Å². The van der Waals surface area contributed by atoms with Crippen molar-refractivity contribution in [3.63, 3.8) is 0 Å². The smallest absolute Gasteiger partial charge is 0.0991 e. The Kier molecular flexibility index (Phi) is 3.81. The van der Waals surface area contributed by atoms with Crippen molar-refractivity contribution in [2.75, 3.05) is 0 Å². The lowest BCUT2D eigenvalue weighted by molar-refractivity contribution is 0.648. The van der Waals surface area contributed by atoms with Gasteiger partial charge in [0.05, 0.1) is 18.4 Å². The molecule has 1 atom stereocenters. The fraction of sp³-hybridized carbons (Fsp3) is 0.273. The third-order valence-electron chi connectivity index (χ3n) is 2.37. The molecule has 0 aliphatic rings. The molecule has 0 amide bonds. The summed E-state index contributed by atoms with van der Waals surface area (Å²) >= 11 is 9.50. The molecule has 0 fully saturated rings. The number of benzene rings is 1. The highest BCUT2D eigenvalue weighted by atomic mass is 79.9. The quantitative estimate of drug-likeness (QED) is 0.947. The van der Waals surface area contributed by atoms with E-state index in [1.807, 2.05) is 31.3 Å². The van der Waals surface area contributed by atoms with Gasteiger partial charge < -0.3 is 5.73 Å². The van der Waals surface area contributed by atoms with E-state index in [1.165, 1.54) is 0 Å². The summed E-state index contributed by atoms with van der Waals surface area (Å²) in [4.78, 5) is 0. The lowest BCUT2D eigenvalue weighted by Crippen LogP contribution is -2.05. The predicted octanol–water partition coefficient (Wildman–Crippen LogP) is 2.76. The van der Waals surface area contributed by atoms with Crippen LogP contribution in [0.25, 0.3) is 0 Å². The van der Waals surface area contributed by atoms with Gasteiger partial charge in [-0.3, -0.25) is 0 Å². The van der Waals surface area contributed by atoms with Gasteiger partial charge in [-0.25, -0.2) is 4.68 Å². The Morgan fingerprint density at radius 2 is 2.29 bits per heavy atom. The number of nitrogens with two attached hydrogens (primary N) is 1. The normalized spacial score (nSPS) is 12.7. The molecule has 1 unspecified atom stereocenters. The number of hydrogen-bond acceptors (Lipinski definition) is 3. The Morgan fingerprint density at radius 3 is 2.88 bits per heavy atom. The summed E-state index contributed by atoms with van der Waals surface area (Å²) in [7, 11) is 0. The molecule has 1 aromatic carbocycles. The Bertz CT molecular complexity index is 524. The molecule has 2 rings (SSSR count). The van der Waals surface area contributed by atoms with Crippen LogP contribution in [0.3, 0.4) is 0 Å². The number of nitrogens with zero attached hydrogens (tertiary/aromatic N) is 3. The summed E-state index contributed by atoms with van der Waals surface area (Å²) in [5.41, 5.74) is 7.49. The topological polar surface area (TPSA) is 56.7 Å². The van der Waals surface area contributed by atoms with E-state index in [9.17, 15) is 0 Å². The first-order chi connectivity index (χ1) is 8.06. The highest BCUT2D eigenvalue weighted by molar-refractivity contribution is 9.10. The monoisotopic (exact) mass is 314 g/mol. The molecule has 0 saturated heterocycles. The second kappa shape index (κ2) is 5.16. The van der Waals surface area contributed by atoms with Crippen molar-refractivity contribution < 1.29 is 0 Å². The van der Waals surface area contributed by atoms with Gasteiger partial charge in [-0.2, -0.15) is 0 Å². The molecular weight excluding hydrogens is 304 g/mol. The van der Waals surface area contributed by atoms with E-state index in [2.05, 4.69) is 26.2 Å². The van der Waals surface area contributed by atoms with Crippen LogP contribution in [-0.2, 0) is 6.54 Å². The van der Waals surface area contributed by atoms with Gasteiger partial charge in [0.25, 0.3) is 0 Å². The summed E-state index contributed by atoms with van der Waals surface area (Å²) < 4.78 is 2.69. The van der Waals surface area contributed by atoms with Crippen molar-refractivity contribution in [2.24, 2.45) is 5.73 Å². The Balaban J connectivity index is 2.19. The number of hydrogen-bond donors (Lipinski definition) is 1. The van der Waals surface area contributed by atoms with Crippen LogP contribution in [0.2, 0.25) is 5.02 Å². The molecule has 0 bridgehead atoms. The molecule has 0 saturated carbocycles. The maximum Gasteiger partial charge on any atom is 0.0991 e. The maximum atomic E-state index is 6.13.